The number of carbonyl (C=O) groups is 2. The number of aromatic nitrogens is 1. The molecule has 104 valence electrons. The van der Waals surface area contributed by atoms with Gasteiger partial charge in [0.05, 0.1) is 5.69 Å². The molecule has 1 aromatic rings. The van der Waals surface area contributed by atoms with Gasteiger partial charge in [0.15, 0.2) is 5.13 Å². The minimum atomic E-state index is -0.110. The molecular formula is C13H19N3O2S. The summed E-state index contributed by atoms with van der Waals surface area (Å²) in [5.41, 5.74) is 0.898. The Balaban J connectivity index is 1.65. The maximum atomic E-state index is 11.7. The molecular weight excluding hydrogens is 262 g/mol. The predicted molar refractivity (Wildman–Crippen MR) is 75.1 cm³/mol. The number of nitrogens with zero attached hydrogens (tertiary/aromatic N) is 1. The molecule has 19 heavy (non-hydrogen) atoms. The second-order valence-corrected chi connectivity index (χ2v) is 5.72. The normalized spacial score (nSPS) is 15.4. The molecule has 1 fully saturated rings. The van der Waals surface area contributed by atoms with Crippen molar-refractivity contribution >= 4 is 28.3 Å². The second-order valence-electron chi connectivity index (χ2n) is 4.86. The zero-order chi connectivity index (χ0) is 13.7. The van der Waals surface area contributed by atoms with Crippen LogP contribution in [0.1, 0.15) is 37.8 Å². The monoisotopic (exact) mass is 281 g/mol. The van der Waals surface area contributed by atoms with Crippen LogP contribution in [0.5, 0.6) is 0 Å². The number of hydrogen-bond donors (Lipinski definition) is 2. The smallest absolute Gasteiger partial charge is 0.227 e. The Morgan fingerprint density at radius 3 is 2.79 bits per heavy atom. The minimum absolute atomic E-state index is 0.0930. The van der Waals surface area contributed by atoms with Crippen LogP contribution in [0, 0.1) is 12.8 Å². The van der Waals surface area contributed by atoms with Crippen molar-refractivity contribution in [3.63, 3.8) is 0 Å². The van der Waals surface area contributed by atoms with Crippen molar-refractivity contribution in [3.8, 4) is 0 Å². The average Bonchev–Trinajstić information content (AvgIpc) is 3.00. The quantitative estimate of drug-likeness (QED) is 0.868. The number of rotatable bonds is 5. The van der Waals surface area contributed by atoms with Crippen molar-refractivity contribution in [2.75, 3.05) is 11.9 Å². The van der Waals surface area contributed by atoms with Crippen LogP contribution in [0.4, 0.5) is 5.13 Å². The standard InChI is InChI=1S/C13H19N3O2S/c1-9-8-19-13(15-9)16-11(17)6-7-14-12(18)10-4-2-3-5-10/h8,10H,2-7H2,1H3,(H,14,18)(H,15,16,17). The lowest BCUT2D eigenvalue weighted by molar-refractivity contribution is -0.124. The fraction of sp³-hybridized carbons (Fsp3) is 0.615. The van der Waals surface area contributed by atoms with Crippen molar-refractivity contribution in [1.82, 2.24) is 10.3 Å². The highest BCUT2D eigenvalue weighted by Gasteiger charge is 2.22. The zero-order valence-electron chi connectivity index (χ0n) is 11.1. The van der Waals surface area contributed by atoms with E-state index in [1.807, 2.05) is 12.3 Å². The van der Waals surface area contributed by atoms with Gasteiger partial charge in [0.25, 0.3) is 0 Å². The molecule has 0 radical (unpaired) electrons. The predicted octanol–water partition coefficient (Wildman–Crippen LogP) is 2.09. The van der Waals surface area contributed by atoms with E-state index in [1.165, 1.54) is 11.3 Å². The van der Waals surface area contributed by atoms with E-state index >= 15 is 0 Å². The summed E-state index contributed by atoms with van der Waals surface area (Å²) in [7, 11) is 0. The van der Waals surface area contributed by atoms with Gasteiger partial charge >= 0.3 is 0 Å². The van der Waals surface area contributed by atoms with E-state index in [2.05, 4.69) is 15.6 Å². The number of carbonyl (C=O) groups excluding carboxylic acids is 2. The Morgan fingerprint density at radius 2 is 2.16 bits per heavy atom. The van der Waals surface area contributed by atoms with Crippen molar-refractivity contribution in [1.29, 1.82) is 0 Å². The highest BCUT2D eigenvalue weighted by atomic mass is 32.1. The van der Waals surface area contributed by atoms with E-state index < -0.39 is 0 Å². The molecule has 6 heteroatoms. The SMILES string of the molecule is Cc1csc(NC(=O)CCNC(=O)C2CCCC2)n1. The van der Waals surface area contributed by atoms with Gasteiger partial charge in [-0.1, -0.05) is 12.8 Å². The Labute approximate surface area is 116 Å². The number of aryl methyl sites for hydroxylation is 1. The summed E-state index contributed by atoms with van der Waals surface area (Å²) in [6.07, 6.45) is 4.54. The molecule has 0 aliphatic heterocycles. The van der Waals surface area contributed by atoms with E-state index in [4.69, 9.17) is 0 Å². The van der Waals surface area contributed by atoms with E-state index in [-0.39, 0.29) is 24.2 Å². The Morgan fingerprint density at radius 1 is 1.42 bits per heavy atom. The molecule has 1 aliphatic rings. The first-order chi connectivity index (χ1) is 9.15. The number of amides is 2. The van der Waals surface area contributed by atoms with Crippen molar-refractivity contribution < 1.29 is 9.59 Å². The number of anilines is 1. The molecule has 1 aromatic heterocycles. The van der Waals surface area contributed by atoms with Gasteiger partial charge in [-0.25, -0.2) is 4.98 Å². The largest absolute Gasteiger partial charge is 0.355 e. The molecule has 5 nitrogen and oxygen atoms in total. The molecule has 1 heterocycles. The zero-order valence-corrected chi connectivity index (χ0v) is 11.9. The van der Waals surface area contributed by atoms with Gasteiger partial charge in [-0.2, -0.15) is 0 Å². The first kappa shape index (κ1) is 14.0. The van der Waals surface area contributed by atoms with Crippen LogP contribution < -0.4 is 10.6 Å². The van der Waals surface area contributed by atoms with Crippen molar-refractivity contribution in [2.24, 2.45) is 5.92 Å². The van der Waals surface area contributed by atoms with Gasteiger partial charge in [-0.05, 0) is 19.8 Å². The van der Waals surface area contributed by atoms with Crippen LogP contribution in [-0.4, -0.2) is 23.3 Å². The summed E-state index contributed by atoms with van der Waals surface area (Å²) in [6, 6.07) is 0. The number of nitrogens with one attached hydrogen (secondary N) is 2. The third-order valence-corrected chi connectivity index (χ3v) is 4.12. The van der Waals surface area contributed by atoms with E-state index in [9.17, 15) is 9.59 Å². The Kier molecular flexibility index (Phi) is 4.90. The third-order valence-electron chi connectivity index (χ3n) is 3.24. The lowest BCUT2D eigenvalue weighted by Gasteiger charge is -2.09. The van der Waals surface area contributed by atoms with E-state index in [0.717, 1.165) is 31.4 Å². The topological polar surface area (TPSA) is 71.1 Å². The molecule has 1 saturated carbocycles. The molecule has 1 aliphatic carbocycles. The van der Waals surface area contributed by atoms with Crippen LogP contribution in [0.15, 0.2) is 5.38 Å². The third kappa shape index (κ3) is 4.31. The van der Waals surface area contributed by atoms with Gasteiger partial charge < -0.3 is 10.6 Å². The molecule has 0 spiro atoms. The van der Waals surface area contributed by atoms with E-state index in [0.29, 0.717) is 11.7 Å². The van der Waals surface area contributed by atoms with Crippen LogP contribution in [0.2, 0.25) is 0 Å². The van der Waals surface area contributed by atoms with Gasteiger partial charge in [0.2, 0.25) is 11.8 Å². The Hall–Kier alpha value is -1.43. The first-order valence-corrected chi connectivity index (χ1v) is 7.53. The first-order valence-electron chi connectivity index (χ1n) is 6.65. The molecule has 0 saturated heterocycles. The van der Waals surface area contributed by atoms with Crippen LogP contribution in [0.25, 0.3) is 0 Å². The highest BCUT2D eigenvalue weighted by molar-refractivity contribution is 7.13. The Bertz CT molecular complexity index is 452. The van der Waals surface area contributed by atoms with Gasteiger partial charge in [-0.3, -0.25) is 9.59 Å². The van der Waals surface area contributed by atoms with Gasteiger partial charge in [0.1, 0.15) is 0 Å². The van der Waals surface area contributed by atoms with Crippen LogP contribution in [-0.2, 0) is 9.59 Å². The summed E-state index contributed by atoms with van der Waals surface area (Å²) in [4.78, 5) is 27.5. The van der Waals surface area contributed by atoms with Crippen LogP contribution in [0.3, 0.4) is 0 Å². The lowest BCUT2D eigenvalue weighted by atomic mass is 10.1. The summed E-state index contributed by atoms with van der Waals surface area (Å²) >= 11 is 1.41. The van der Waals surface area contributed by atoms with Crippen molar-refractivity contribution in [3.05, 3.63) is 11.1 Å². The maximum absolute atomic E-state index is 11.7. The molecule has 0 aromatic carbocycles. The average molecular weight is 281 g/mol. The summed E-state index contributed by atoms with van der Waals surface area (Å²) < 4.78 is 0. The van der Waals surface area contributed by atoms with Crippen molar-refractivity contribution in [2.45, 2.75) is 39.0 Å². The fourth-order valence-corrected chi connectivity index (χ4v) is 2.93. The number of hydrogen-bond acceptors (Lipinski definition) is 4. The maximum Gasteiger partial charge on any atom is 0.227 e. The van der Waals surface area contributed by atoms with Gasteiger partial charge in [-0.15, -0.1) is 11.3 Å². The number of thiazole rings is 1. The molecule has 0 bridgehead atoms. The molecule has 0 unspecified atom stereocenters. The molecule has 2 N–H and O–H groups in total. The second kappa shape index (κ2) is 6.65. The molecule has 2 rings (SSSR count). The van der Waals surface area contributed by atoms with Gasteiger partial charge in [0, 0.05) is 24.3 Å². The highest BCUT2D eigenvalue weighted by Crippen LogP contribution is 2.24. The van der Waals surface area contributed by atoms with Crippen LogP contribution >= 0.6 is 11.3 Å². The fourth-order valence-electron chi connectivity index (χ4n) is 2.22. The molecule has 2 amide bonds. The molecule has 0 atom stereocenters. The summed E-state index contributed by atoms with van der Waals surface area (Å²) in [5, 5.41) is 8.05. The minimum Gasteiger partial charge on any atom is -0.355 e. The van der Waals surface area contributed by atoms with E-state index in [1.54, 1.807) is 0 Å². The summed E-state index contributed by atoms with van der Waals surface area (Å²) in [5.74, 6) is 0.140. The summed E-state index contributed by atoms with van der Waals surface area (Å²) in [6.45, 7) is 2.28. The lowest BCUT2D eigenvalue weighted by Crippen LogP contribution is -2.31.